The maximum atomic E-state index is 5.68. The molecule has 0 spiro atoms. The summed E-state index contributed by atoms with van der Waals surface area (Å²) in [7, 11) is 0. The molecule has 0 saturated heterocycles. The van der Waals surface area contributed by atoms with Gasteiger partial charge in [-0.05, 0) is 26.0 Å². The first-order chi connectivity index (χ1) is 7.74. The molecule has 1 aromatic carbocycles. The zero-order valence-corrected chi connectivity index (χ0v) is 10.3. The highest BCUT2D eigenvalue weighted by atomic mass is 35.5. The lowest BCUT2D eigenvalue weighted by molar-refractivity contribution is 0.623. The zero-order valence-electron chi connectivity index (χ0n) is 9.57. The SMILES string of the molecule is CC(C)n1c(NCCCl)nc2ccccc21. The Balaban J connectivity index is 2.50. The molecule has 86 valence electrons. The molecule has 2 rings (SSSR count). The first-order valence-corrected chi connectivity index (χ1v) is 6.04. The molecule has 0 atom stereocenters. The van der Waals surface area contributed by atoms with E-state index in [1.54, 1.807) is 0 Å². The van der Waals surface area contributed by atoms with Crippen molar-refractivity contribution in [2.45, 2.75) is 19.9 Å². The highest BCUT2D eigenvalue weighted by molar-refractivity contribution is 6.18. The molecule has 3 nitrogen and oxygen atoms in total. The van der Waals surface area contributed by atoms with Crippen LogP contribution in [0.3, 0.4) is 0 Å². The van der Waals surface area contributed by atoms with Gasteiger partial charge in [0.1, 0.15) is 0 Å². The normalized spacial score (nSPS) is 11.2. The van der Waals surface area contributed by atoms with E-state index in [1.807, 2.05) is 18.2 Å². The van der Waals surface area contributed by atoms with E-state index in [4.69, 9.17) is 11.6 Å². The summed E-state index contributed by atoms with van der Waals surface area (Å²) < 4.78 is 2.20. The number of nitrogens with zero attached hydrogens (tertiary/aromatic N) is 2. The van der Waals surface area contributed by atoms with Crippen molar-refractivity contribution in [1.82, 2.24) is 9.55 Å². The molecular weight excluding hydrogens is 222 g/mol. The fourth-order valence-corrected chi connectivity index (χ4v) is 1.95. The third-order valence-electron chi connectivity index (χ3n) is 2.49. The first kappa shape index (κ1) is 11.3. The fourth-order valence-electron chi connectivity index (χ4n) is 1.85. The lowest BCUT2D eigenvalue weighted by Crippen LogP contribution is -2.11. The van der Waals surface area contributed by atoms with Crippen LogP contribution in [-0.2, 0) is 0 Å². The quantitative estimate of drug-likeness (QED) is 0.828. The van der Waals surface area contributed by atoms with E-state index in [-0.39, 0.29) is 0 Å². The highest BCUT2D eigenvalue weighted by Gasteiger charge is 2.11. The standard InChI is InChI=1S/C12H16ClN3/c1-9(2)16-11-6-4-3-5-10(11)15-12(16)14-8-7-13/h3-6,9H,7-8H2,1-2H3,(H,14,15). The monoisotopic (exact) mass is 237 g/mol. The third kappa shape index (κ3) is 2.00. The average Bonchev–Trinajstić information content (AvgIpc) is 2.64. The Hall–Kier alpha value is -1.22. The summed E-state index contributed by atoms with van der Waals surface area (Å²) in [5.74, 6) is 1.48. The van der Waals surface area contributed by atoms with Crippen molar-refractivity contribution < 1.29 is 0 Å². The number of hydrogen-bond acceptors (Lipinski definition) is 2. The number of halogens is 1. The number of nitrogens with one attached hydrogen (secondary N) is 1. The summed E-state index contributed by atoms with van der Waals surface area (Å²) in [5, 5.41) is 3.25. The molecule has 16 heavy (non-hydrogen) atoms. The lowest BCUT2D eigenvalue weighted by atomic mass is 10.3. The molecule has 0 aliphatic carbocycles. The molecule has 0 fully saturated rings. The molecule has 0 radical (unpaired) electrons. The van der Waals surface area contributed by atoms with Crippen molar-refractivity contribution in [2.24, 2.45) is 0 Å². The maximum Gasteiger partial charge on any atom is 0.204 e. The second kappa shape index (κ2) is 4.74. The predicted molar refractivity (Wildman–Crippen MR) is 69.3 cm³/mol. The number of alkyl halides is 1. The summed E-state index contributed by atoms with van der Waals surface area (Å²) in [4.78, 5) is 4.56. The smallest absolute Gasteiger partial charge is 0.204 e. The third-order valence-corrected chi connectivity index (χ3v) is 2.68. The Morgan fingerprint density at radius 3 is 2.81 bits per heavy atom. The van der Waals surface area contributed by atoms with Gasteiger partial charge in [-0.15, -0.1) is 11.6 Å². The lowest BCUT2D eigenvalue weighted by Gasteiger charge is -2.13. The number of aromatic nitrogens is 2. The topological polar surface area (TPSA) is 29.9 Å². The maximum absolute atomic E-state index is 5.68. The molecule has 0 aliphatic heterocycles. The van der Waals surface area contributed by atoms with Crippen molar-refractivity contribution in [2.75, 3.05) is 17.7 Å². The van der Waals surface area contributed by atoms with Gasteiger partial charge in [0.25, 0.3) is 0 Å². The van der Waals surface area contributed by atoms with Crippen molar-refractivity contribution in [3.05, 3.63) is 24.3 Å². The van der Waals surface area contributed by atoms with Crippen molar-refractivity contribution in [3.63, 3.8) is 0 Å². The van der Waals surface area contributed by atoms with Crippen molar-refractivity contribution in [1.29, 1.82) is 0 Å². The van der Waals surface area contributed by atoms with Crippen LogP contribution in [0.15, 0.2) is 24.3 Å². The van der Waals surface area contributed by atoms with Crippen LogP contribution in [0.25, 0.3) is 11.0 Å². The summed E-state index contributed by atoms with van der Waals surface area (Å²) in [6.45, 7) is 5.04. The Bertz CT molecular complexity index is 476. The fraction of sp³-hybridized carbons (Fsp3) is 0.417. The van der Waals surface area contributed by atoms with Crippen LogP contribution in [0, 0.1) is 0 Å². The van der Waals surface area contributed by atoms with Crippen molar-refractivity contribution in [3.8, 4) is 0 Å². The van der Waals surface area contributed by atoms with Gasteiger partial charge < -0.3 is 9.88 Å². The second-order valence-corrected chi connectivity index (χ2v) is 4.38. The summed E-state index contributed by atoms with van der Waals surface area (Å²) in [6.07, 6.45) is 0. The van der Waals surface area contributed by atoms with Crippen LogP contribution in [0.2, 0.25) is 0 Å². The van der Waals surface area contributed by atoms with Crippen molar-refractivity contribution >= 4 is 28.6 Å². The van der Waals surface area contributed by atoms with E-state index in [9.17, 15) is 0 Å². The van der Waals surface area contributed by atoms with E-state index in [1.165, 1.54) is 0 Å². The number of imidazole rings is 1. The molecule has 0 saturated carbocycles. The minimum absolute atomic E-state index is 0.380. The van der Waals surface area contributed by atoms with Gasteiger partial charge in [0.15, 0.2) is 0 Å². The van der Waals surface area contributed by atoms with Gasteiger partial charge in [-0.1, -0.05) is 12.1 Å². The van der Waals surface area contributed by atoms with E-state index in [0.717, 1.165) is 23.5 Å². The van der Waals surface area contributed by atoms with Crippen LogP contribution >= 0.6 is 11.6 Å². The highest BCUT2D eigenvalue weighted by Crippen LogP contribution is 2.23. The van der Waals surface area contributed by atoms with E-state index >= 15 is 0 Å². The molecular formula is C12H16ClN3. The molecule has 0 amide bonds. The second-order valence-electron chi connectivity index (χ2n) is 4.00. The van der Waals surface area contributed by atoms with E-state index < -0.39 is 0 Å². The van der Waals surface area contributed by atoms with Gasteiger partial charge in [-0.2, -0.15) is 0 Å². The molecule has 0 unspecified atom stereocenters. The summed E-state index contributed by atoms with van der Waals surface area (Å²) in [5.41, 5.74) is 2.18. The molecule has 1 aromatic heterocycles. The Morgan fingerprint density at radius 2 is 2.12 bits per heavy atom. The molecule has 0 bridgehead atoms. The van der Waals surface area contributed by atoms with Gasteiger partial charge in [0, 0.05) is 18.5 Å². The van der Waals surface area contributed by atoms with Crippen LogP contribution < -0.4 is 5.32 Å². The van der Waals surface area contributed by atoms with Crippen LogP contribution in [0.5, 0.6) is 0 Å². The molecule has 2 aromatic rings. The molecule has 1 heterocycles. The van der Waals surface area contributed by atoms with Gasteiger partial charge in [0.2, 0.25) is 5.95 Å². The van der Waals surface area contributed by atoms with Crippen LogP contribution in [0.4, 0.5) is 5.95 Å². The minimum atomic E-state index is 0.380. The van der Waals surface area contributed by atoms with E-state index in [2.05, 4.69) is 34.8 Å². The number of anilines is 1. The van der Waals surface area contributed by atoms with Gasteiger partial charge in [-0.3, -0.25) is 0 Å². The number of rotatable bonds is 4. The first-order valence-electron chi connectivity index (χ1n) is 5.51. The van der Waals surface area contributed by atoms with E-state index in [0.29, 0.717) is 11.9 Å². The number of para-hydroxylation sites is 2. The summed E-state index contributed by atoms with van der Waals surface area (Å²) >= 11 is 5.68. The largest absolute Gasteiger partial charge is 0.354 e. The van der Waals surface area contributed by atoms with Crippen LogP contribution in [-0.4, -0.2) is 22.0 Å². The Morgan fingerprint density at radius 1 is 1.38 bits per heavy atom. The Labute approximate surface area is 100 Å². The number of benzene rings is 1. The zero-order chi connectivity index (χ0) is 11.5. The molecule has 1 N–H and O–H groups in total. The van der Waals surface area contributed by atoms with Gasteiger partial charge in [-0.25, -0.2) is 4.98 Å². The summed E-state index contributed by atoms with van der Waals surface area (Å²) in [6, 6.07) is 8.54. The number of hydrogen-bond donors (Lipinski definition) is 1. The number of fused-ring (bicyclic) bond motifs is 1. The molecule has 0 aliphatic rings. The molecule has 4 heteroatoms. The minimum Gasteiger partial charge on any atom is -0.354 e. The Kier molecular flexibility index (Phi) is 3.34. The van der Waals surface area contributed by atoms with Gasteiger partial charge in [0.05, 0.1) is 11.0 Å². The van der Waals surface area contributed by atoms with Gasteiger partial charge >= 0.3 is 0 Å². The average molecular weight is 238 g/mol. The predicted octanol–water partition coefficient (Wildman–Crippen LogP) is 3.27. The van der Waals surface area contributed by atoms with Crippen LogP contribution in [0.1, 0.15) is 19.9 Å².